The Balaban J connectivity index is 2.85. The summed E-state index contributed by atoms with van der Waals surface area (Å²) in [6, 6.07) is 5.43. The maximum Gasteiger partial charge on any atom is 0.319 e. The summed E-state index contributed by atoms with van der Waals surface area (Å²) in [5, 5.41) is 14.7. The number of aliphatic hydroxyl groups excluding tert-OH is 1. The largest absolute Gasteiger partial charge is 0.394 e. The highest BCUT2D eigenvalue weighted by atomic mass is 79.9. The lowest BCUT2D eigenvalue weighted by Crippen LogP contribution is -2.48. The zero-order valence-electron chi connectivity index (χ0n) is 11.7. The van der Waals surface area contributed by atoms with E-state index in [2.05, 4.69) is 40.4 Å². The molecule has 5 heteroatoms. The fourth-order valence-corrected chi connectivity index (χ4v) is 2.00. The van der Waals surface area contributed by atoms with Crippen LogP contribution in [0.3, 0.4) is 0 Å². The number of benzene rings is 1. The Morgan fingerprint density at radius 3 is 2.58 bits per heavy atom. The summed E-state index contributed by atoms with van der Waals surface area (Å²) >= 11 is 3.43. The van der Waals surface area contributed by atoms with Gasteiger partial charge in [0.05, 0.1) is 12.1 Å². The van der Waals surface area contributed by atoms with Crippen LogP contribution in [0, 0.1) is 0 Å². The maximum atomic E-state index is 11.9. The van der Waals surface area contributed by atoms with Crippen molar-refractivity contribution in [3.05, 3.63) is 28.2 Å². The van der Waals surface area contributed by atoms with Gasteiger partial charge >= 0.3 is 6.03 Å². The number of amides is 2. The van der Waals surface area contributed by atoms with Crippen LogP contribution in [-0.4, -0.2) is 23.3 Å². The second kappa shape index (κ2) is 6.39. The van der Waals surface area contributed by atoms with Crippen molar-refractivity contribution in [3.8, 4) is 0 Å². The van der Waals surface area contributed by atoms with Crippen molar-refractivity contribution in [2.24, 2.45) is 0 Å². The average molecular weight is 329 g/mol. The van der Waals surface area contributed by atoms with E-state index in [1.165, 1.54) is 0 Å². The Labute approximate surface area is 122 Å². The monoisotopic (exact) mass is 328 g/mol. The second-order valence-corrected chi connectivity index (χ2v) is 6.42. The molecule has 0 aromatic heterocycles. The van der Waals surface area contributed by atoms with E-state index < -0.39 is 5.54 Å². The van der Waals surface area contributed by atoms with E-state index in [1.54, 1.807) is 13.8 Å². The molecule has 0 spiro atoms. The normalized spacial score (nSPS) is 11.5. The summed E-state index contributed by atoms with van der Waals surface area (Å²) in [5.41, 5.74) is 1.20. The van der Waals surface area contributed by atoms with Crippen molar-refractivity contribution >= 4 is 27.6 Å². The van der Waals surface area contributed by atoms with Crippen molar-refractivity contribution in [2.45, 2.75) is 39.2 Å². The van der Waals surface area contributed by atoms with Crippen molar-refractivity contribution < 1.29 is 9.90 Å². The average Bonchev–Trinajstić information content (AvgIpc) is 2.30. The molecule has 106 valence electrons. The minimum Gasteiger partial charge on any atom is -0.394 e. The van der Waals surface area contributed by atoms with E-state index in [1.807, 2.05) is 18.2 Å². The zero-order chi connectivity index (χ0) is 14.6. The fourth-order valence-electron chi connectivity index (χ4n) is 1.63. The van der Waals surface area contributed by atoms with E-state index in [0.29, 0.717) is 5.92 Å². The highest BCUT2D eigenvalue weighted by Crippen LogP contribution is 2.27. The molecule has 1 rings (SSSR count). The molecule has 0 fully saturated rings. The van der Waals surface area contributed by atoms with Crippen LogP contribution in [-0.2, 0) is 0 Å². The van der Waals surface area contributed by atoms with Crippen LogP contribution in [0.1, 0.15) is 39.2 Å². The van der Waals surface area contributed by atoms with Crippen molar-refractivity contribution in [1.82, 2.24) is 5.32 Å². The molecule has 0 saturated carbocycles. The topological polar surface area (TPSA) is 61.4 Å². The summed E-state index contributed by atoms with van der Waals surface area (Å²) in [6.45, 7) is 7.55. The maximum absolute atomic E-state index is 11.9. The molecule has 0 aliphatic rings. The molecule has 0 atom stereocenters. The molecule has 1 aromatic rings. The Hall–Kier alpha value is -1.07. The van der Waals surface area contributed by atoms with Gasteiger partial charge in [-0.15, -0.1) is 0 Å². The van der Waals surface area contributed by atoms with E-state index in [9.17, 15) is 4.79 Å². The standard InChI is InChI=1S/C14H21BrN2O2/c1-9(2)11-7-10(15)5-6-12(11)16-13(19)17-14(3,4)8-18/h5-7,9,18H,8H2,1-4H3,(H2,16,17,19). The van der Waals surface area contributed by atoms with Crippen LogP contribution in [0.4, 0.5) is 10.5 Å². The highest BCUT2D eigenvalue weighted by Gasteiger charge is 2.19. The molecule has 3 N–H and O–H groups in total. The Kier molecular flexibility index (Phi) is 5.38. The number of hydrogen-bond acceptors (Lipinski definition) is 2. The van der Waals surface area contributed by atoms with Gasteiger partial charge in [-0.25, -0.2) is 4.79 Å². The quantitative estimate of drug-likeness (QED) is 0.792. The van der Waals surface area contributed by atoms with Crippen LogP contribution in [0.5, 0.6) is 0 Å². The lowest BCUT2D eigenvalue weighted by Gasteiger charge is -2.24. The minimum atomic E-state index is -0.641. The molecule has 4 nitrogen and oxygen atoms in total. The SMILES string of the molecule is CC(C)c1cc(Br)ccc1NC(=O)NC(C)(C)CO. The number of nitrogens with one attached hydrogen (secondary N) is 2. The summed E-state index contributed by atoms with van der Waals surface area (Å²) < 4.78 is 0.984. The smallest absolute Gasteiger partial charge is 0.319 e. The number of carbonyl (C=O) groups is 1. The van der Waals surface area contributed by atoms with Crippen molar-refractivity contribution in [3.63, 3.8) is 0 Å². The summed E-state index contributed by atoms with van der Waals surface area (Å²) in [4.78, 5) is 11.9. The molecule has 0 aliphatic heterocycles. The van der Waals surface area contributed by atoms with Crippen molar-refractivity contribution in [1.29, 1.82) is 0 Å². The first-order chi connectivity index (χ1) is 8.75. The third-order valence-electron chi connectivity index (χ3n) is 2.73. The fraction of sp³-hybridized carbons (Fsp3) is 0.500. The minimum absolute atomic E-state index is 0.113. The first kappa shape index (κ1) is 16.0. The molecule has 0 unspecified atom stereocenters. The molecule has 0 bridgehead atoms. The van der Waals surface area contributed by atoms with Crippen molar-refractivity contribution in [2.75, 3.05) is 11.9 Å². The molecule has 19 heavy (non-hydrogen) atoms. The Morgan fingerprint density at radius 1 is 1.42 bits per heavy atom. The number of halogens is 1. The molecular formula is C14H21BrN2O2. The number of carbonyl (C=O) groups excluding carboxylic acids is 1. The third kappa shape index (κ3) is 4.84. The van der Waals surface area contributed by atoms with E-state index in [0.717, 1.165) is 15.7 Å². The van der Waals surface area contributed by atoms with Crippen LogP contribution < -0.4 is 10.6 Å². The Bertz CT molecular complexity index is 459. The van der Waals surface area contributed by atoms with Crippen LogP contribution in [0.25, 0.3) is 0 Å². The molecule has 1 aromatic carbocycles. The Morgan fingerprint density at radius 2 is 2.05 bits per heavy atom. The van der Waals surface area contributed by atoms with Gasteiger partial charge in [0.2, 0.25) is 0 Å². The summed E-state index contributed by atoms with van der Waals surface area (Å²) in [7, 11) is 0. The van der Waals surface area contributed by atoms with Gasteiger partial charge in [0, 0.05) is 10.2 Å². The lowest BCUT2D eigenvalue weighted by atomic mass is 10.0. The van der Waals surface area contributed by atoms with Gasteiger partial charge in [0.15, 0.2) is 0 Å². The first-order valence-electron chi connectivity index (χ1n) is 6.24. The highest BCUT2D eigenvalue weighted by molar-refractivity contribution is 9.10. The molecule has 0 radical (unpaired) electrons. The van der Waals surface area contributed by atoms with Gasteiger partial charge in [-0.2, -0.15) is 0 Å². The van der Waals surface area contributed by atoms with Crippen LogP contribution in [0.2, 0.25) is 0 Å². The molecule has 0 aliphatic carbocycles. The summed E-state index contributed by atoms with van der Waals surface area (Å²) in [6.07, 6.45) is 0. The number of anilines is 1. The van der Waals surface area contributed by atoms with Gasteiger partial charge < -0.3 is 15.7 Å². The first-order valence-corrected chi connectivity index (χ1v) is 7.04. The molecule has 2 amide bonds. The molecule has 0 saturated heterocycles. The molecular weight excluding hydrogens is 308 g/mol. The number of urea groups is 1. The van der Waals surface area contributed by atoms with Gasteiger partial charge in [-0.3, -0.25) is 0 Å². The second-order valence-electron chi connectivity index (χ2n) is 5.51. The van der Waals surface area contributed by atoms with E-state index in [4.69, 9.17) is 5.11 Å². The predicted octanol–water partition coefficient (Wildman–Crippen LogP) is 3.46. The number of hydrogen-bond donors (Lipinski definition) is 3. The van der Waals surface area contributed by atoms with Gasteiger partial charge in [-0.1, -0.05) is 29.8 Å². The summed E-state index contributed by atoms with van der Waals surface area (Å²) in [5.74, 6) is 0.304. The van der Waals surface area contributed by atoms with Gasteiger partial charge in [0.25, 0.3) is 0 Å². The lowest BCUT2D eigenvalue weighted by molar-refractivity contribution is 0.187. The van der Waals surface area contributed by atoms with Gasteiger partial charge in [0.1, 0.15) is 0 Å². The van der Waals surface area contributed by atoms with E-state index >= 15 is 0 Å². The predicted molar refractivity (Wildman–Crippen MR) is 81.6 cm³/mol. The third-order valence-corrected chi connectivity index (χ3v) is 3.22. The molecule has 0 heterocycles. The van der Waals surface area contributed by atoms with Crippen LogP contribution >= 0.6 is 15.9 Å². The van der Waals surface area contributed by atoms with Gasteiger partial charge in [-0.05, 0) is 43.5 Å². The zero-order valence-corrected chi connectivity index (χ0v) is 13.3. The number of rotatable bonds is 4. The van der Waals surface area contributed by atoms with E-state index in [-0.39, 0.29) is 12.6 Å². The van der Waals surface area contributed by atoms with Crippen LogP contribution in [0.15, 0.2) is 22.7 Å². The number of aliphatic hydroxyl groups is 1.